The molecule has 0 radical (unpaired) electrons. The molecule has 0 aliphatic carbocycles. The monoisotopic (exact) mass is 417 g/mol. The van der Waals surface area contributed by atoms with Gasteiger partial charge in [-0.25, -0.2) is 13.6 Å². The number of rotatable bonds is 22. The molecule has 0 bridgehead atoms. The molecule has 0 aromatic heterocycles. The van der Waals surface area contributed by atoms with Crippen molar-refractivity contribution >= 4 is 10.0 Å². The predicted molar refractivity (Wildman–Crippen MR) is 125 cm³/mol. The lowest BCUT2D eigenvalue weighted by atomic mass is 10.0. The maximum absolute atomic E-state index is 11.9. The number of nitrogens with two attached hydrogens (primary N) is 1. The summed E-state index contributed by atoms with van der Waals surface area (Å²) in [5, 5.41) is 5.17. The van der Waals surface area contributed by atoms with E-state index in [1.165, 1.54) is 96.3 Å². The van der Waals surface area contributed by atoms with Crippen LogP contribution in [0, 0.1) is 0 Å². The first-order valence-corrected chi connectivity index (χ1v) is 14.1. The molecule has 0 heterocycles. The minimum Gasteiger partial charge on any atom is -0.228 e. The van der Waals surface area contributed by atoms with Crippen LogP contribution in [-0.4, -0.2) is 13.7 Å². The van der Waals surface area contributed by atoms with Crippen molar-refractivity contribution in [2.24, 2.45) is 5.14 Å². The van der Waals surface area contributed by atoms with Crippen LogP contribution in [0.4, 0.5) is 0 Å². The third-order valence-corrected chi connectivity index (χ3v) is 7.37. The van der Waals surface area contributed by atoms with Crippen LogP contribution in [0.3, 0.4) is 0 Å². The predicted octanol–water partition coefficient (Wildman–Crippen LogP) is 7.88. The van der Waals surface area contributed by atoms with E-state index in [0.717, 1.165) is 38.5 Å². The van der Waals surface area contributed by atoms with Gasteiger partial charge in [-0.1, -0.05) is 136 Å². The lowest BCUT2D eigenvalue weighted by molar-refractivity contribution is 0.505. The van der Waals surface area contributed by atoms with E-state index in [2.05, 4.69) is 13.8 Å². The van der Waals surface area contributed by atoms with Crippen molar-refractivity contribution in [1.82, 2.24) is 0 Å². The van der Waals surface area contributed by atoms with Crippen molar-refractivity contribution in [3.8, 4) is 0 Å². The standard InChI is InChI=1S/C24H51NO2S/c1-3-5-7-9-11-13-15-17-19-21-23-24(28(25,26)27)22-20-18-16-14-12-10-8-6-4-2/h24H,3-23H2,1-2H3,(H2,25,26,27). The summed E-state index contributed by atoms with van der Waals surface area (Å²) >= 11 is 0. The summed E-state index contributed by atoms with van der Waals surface area (Å²) in [5.41, 5.74) is 0. The van der Waals surface area contributed by atoms with Crippen molar-refractivity contribution < 1.29 is 8.42 Å². The van der Waals surface area contributed by atoms with Crippen LogP contribution in [0.15, 0.2) is 0 Å². The Labute approximate surface area is 177 Å². The van der Waals surface area contributed by atoms with Gasteiger partial charge in [0.15, 0.2) is 0 Å². The first-order valence-electron chi connectivity index (χ1n) is 12.5. The average Bonchev–Trinajstić information content (AvgIpc) is 2.65. The second-order valence-corrected chi connectivity index (χ2v) is 10.6. The molecule has 0 aliphatic rings. The molecule has 1 unspecified atom stereocenters. The smallest absolute Gasteiger partial charge is 0.211 e. The fourth-order valence-electron chi connectivity index (χ4n) is 4.01. The maximum Gasteiger partial charge on any atom is 0.211 e. The Morgan fingerprint density at radius 1 is 0.500 bits per heavy atom. The molecule has 28 heavy (non-hydrogen) atoms. The highest BCUT2D eigenvalue weighted by Gasteiger charge is 2.20. The van der Waals surface area contributed by atoms with E-state index >= 15 is 0 Å². The van der Waals surface area contributed by atoms with E-state index in [0.29, 0.717) is 0 Å². The van der Waals surface area contributed by atoms with Crippen molar-refractivity contribution in [1.29, 1.82) is 0 Å². The normalized spacial score (nSPS) is 13.1. The first kappa shape index (κ1) is 27.9. The minimum absolute atomic E-state index is 0.314. The van der Waals surface area contributed by atoms with E-state index in [1.54, 1.807) is 0 Å². The summed E-state index contributed by atoms with van der Waals surface area (Å²) in [5.74, 6) is 0. The van der Waals surface area contributed by atoms with Crippen LogP contribution < -0.4 is 5.14 Å². The molecule has 3 nitrogen and oxygen atoms in total. The zero-order valence-corrected chi connectivity index (χ0v) is 20.0. The maximum atomic E-state index is 11.9. The second kappa shape index (κ2) is 20.2. The van der Waals surface area contributed by atoms with Gasteiger partial charge in [0.25, 0.3) is 0 Å². The van der Waals surface area contributed by atoms with E-state index in [9.17, 15) is 8.42 Å². The molecular weight excluding hydrogens is 366 g/mol. The third-order valence-electron chi connectivity index (χ3n) is 5.97. The largest absolute Gasteiger partial charge is 0.228 e. The third kappa shape index (κ3) is 19.2. The molecule has 1 atom stereocenters. The van der Waals surface area contributed by atoms with Crippen LogP contribution in [0.2, 0.25) is 0 Å². The Bertz CT molecular complexity index is 409. The van der Waals surface area contributed by atoms with Gasteiger partial charge in [0.2, 0.25) is 10.0 Å². The van der Waals surface area contributed by atoms with Crippen molar-refractivity contribution in [2.45, 2.75) is 154 Å². The van der Waals surface area contributed by atoms with Gasteiger partial charge < -0.3 is 0 Å². The van der Waals surface area contributed by atoms with Crippen LogP contribution >= 0.6 is 0 Å². The molecule has 0 spiro atoms. The fraction of sp³-hybridized carbons (Fsp3) is 1.00. The Morgan fingerprint density at radius 2 is 0.750 bits per heavy atom. The van der Waals surface area contributed by atoms with Crippen molar-refractivity contribution in [2.75, 3.05) is 0 Å². The highest BCUT2D eigenvalue weighted by molar-refractivity contribution is 7.89. The SMILES string of the molecule is CCCCCCCCCCCCC(CCCCCCCCCCC)S(N)(=O)=O. The number of hydrogen-bond donors (Lipinski definition) is 1. The average molecular weight is 418 g/mol. The number of unbranched alkanes of at least 4 members (excludes halogenated alkanes) is 17. The van der Waals surface area contributed by atoms with E-state index in [-0.39, 0.29) is 5.25 Å². The molecule has 0 saturated carbocycles. The molecule has 0 aliphatic heterocycles. The Hall–Kier alpha value is -0.0900. The zero-order chi connectivity index (χ0) is 20.9. The number of hydrogen-bond acceptors (Lipinski definition) is 2. The van der Waals surface area contributed by atoms with Crippen LogP contribution in [0.5, 0.6) is 0 Å². The summed E-state index contributed by atoms with van der Waals surface area (Å²) < 4.78 is 23.7. The van der Waals surface area contributed by atoms with E-state index < -0.39 is 10.0 Å². The van der Waals surface area contributed by atoms with Gasteiger partial charge in [0.05, 0.1) is 5.25 Å². The van der Waals surface area contributed by atoms with Gasteiger partial charge in [-0.3, -0.25) is 0 Å². The lowest BCUT2D eigenvalue weighted by Crippen LogP contribution is -2.28. The Morgan fingerprint density at radius 3 is 1.00 bits per heavy atom. The molecule has 0 rings (SSSR count). The number of sulfonamides is 1. The molecule has 0 amide bonds. The van der Waals surface area contributed by atoms with Crippen LogP contribution in [-0.2, 0) is 10.0 Å². The van der Waals surface area contributed by atoms with Gasteiger partial charge >= 0.3 is 0 Å². The Kier molecular flexibility index (Phi) is 20.1. The van der Waals surface area contributed by atoms with Gasteiger partial charge in [0, 0.05) is 0 Å². The van der Waals surface area contributed by atoms with Gasteiger partial charge in [0.1, 0.15) is 0 Å². The van der Waals surface area contributed by atoms with Gasteiger partial charge in [-0.2, -0.15) is 0 Å². The second-order valence-electron chi connectivity index (χ2n) is 8.80. The zero-order valence-electron chi connectivity index (χ0n) is 19.2. The first-order chi connectivity index (χ1) is 13.5. The summed E-state index contributed by atoms with van der Waals surface area (Å²) in [7, 11) is -3.38. The molecular formula is C24H51NO2S. The molecule has 4 heteroatoms. The molecule has 0 saturated heterocycles. The minimum atomic E-state index is -3.38. The fourth-order valence-corrected chi connectivity index (χ4v) is 5.01. The number of primary sulfonamides is 1. The molecule has 2 N–H and O–H groups in total. The topological polar surface area (TPSA) is 60.2 Å². The van der Waals surface area contributed by atoms with Gasteiger partial charge in [-0.15, -0.1) is 0 Å². The van der Waals surface area contributed by atoms with Crippen molar-refractivity contribution in [3.05, 3.63) is 0 Å². The van der Waals surface area contributed by atoms with Crippen molar-refractivity contribution in [3.63, 3.8) is 0 Å². The van der Waals surface area contributed by atoms with E-state index in [1.807, 2.05) is 0 Å². The summed E-state index contributed by atoms with van der Waals surface area (Å²) in [6.45, 7) is 4.50. The van der Waals surface area contributed by atoms with Crippen LogP contribution in [0.1, 0.15) is 149 Å². The molecule has 0 aromatic rings. The highest BCUT2D eigenvalue weighted by atomic mass is 32.2. The van der Waals surface area contributed by atoms with Gasteiger partial charge in [-0.05, 0) is 12.8 Å². The molecule has 170 valence electrons. The quantitative estimate of drug-likeness (QED) is 0.182. The highest BCUT2D eigenvalue weighted by Crippen LogP contribution is 2.19. The van der Waals surface area contributed by atoms with Crippen LogP contribution in [0.25, 0.3) is 0 Å². The van der Waals surface area contributed by atoms with E-state index in [4.69, 9.17) is 5.14 Å². The Balaban J connectivity index is 3.65. The summed E-state index contributed by atoms with van der Waals surface area (Å²) in [6, 6.07) is 0. The summed E-state index contributed by atoms with van der Waals surface area (Å²) in [6.07, 6.45) is 25.7. The molecule has 0 fully saturated rings. The summed E-state index contributed by atoms with van der Waals surface area (Å²) in [4.78, 5) is 0. The lowest BCUT2D eigenvalue weighted by Gasteiger charge is -2.14. The molecule has 0 aromatic carbocycles.